The van der Waals surface area contributed by atoms with Crippen LogP contribution in [-0.4, -0.2) is 11.8 Å². The molecule has 2 aromatic rings. The van der Waals surface area contributed by atoms with Gasteiger partial charge in [-0.15, -0.1) is 0 Å². The number of thioether (sulfide) groups is 1. The van der Waals surface area contributed by atoms with Crippen LogP contribution in [0.2, 0.25) is 0 Å². The van der Waals surface area contributed by atoms with E-state index < -0.39 is 11.8 Å². The Kier molecular flexibility index (Phi) is 5.58. The van der Waals surface area contributed by atoms with E-state index in [0.29, 0.717) is 11.4 Å². The first-order valence-electron chi connectivity index (χ1n) is 6.12. The first-order valence-corrected chi connectivity index (χ1v) is 7.73. The van der Waals surface area contributed by atoms with E-state index in [1.807, 2.05) is 11.5 Å². The number of anilines is 2. The zero-order valence-corrected chi connectivity index (χ0v) is 13.6. The summed E-state index contributed by atoms with van der Waals surface area (Å²) in [5.74, 6) is -1.52. The highest BCUT2D eigenvalue weighted by molar-refractivity contribution is 9.10. The summed E-state index contributed by atoms with van der Waals surface area (Å²) in [7, 11) is 0. The molecule has 0 radical (unpaired) electrons. The van der Waals surface area contributed by atoms with Crippen LogP contribution in [-0.2, 0) is 9.59 Å². The summed E-state index contributed by atoms with van der Waals surface area (Å²) in [6.07, 6.45) is 0. The molecule has 2 N–H and O–H groups in total. The second-order valence-electron chi connectivity index (χ2n) is 4.14. The standard InChI is InChI=1S/C15H10BrN3O2S/c16-10-2-1-3-12(8-10)19-15(21)14(20)18-11-4-6-13(7-5-11)22-9-17/h1-8H,(H,18,20)(H,19,21). The fraction of sp³-hybridized carbons (Fsp3) is 0. The van der Waals surface area contributed by atoms with E-state index in [1.165, 1.54) is 0 Å². The number of hydrogen-bond acceptors (Lipinski definition) is 4. The van der Waals surface area contributed by atoms with Gasteiger partial charge in [0.1, 0.15) is 5.40 Å². The van der Waals surface area contributed by atoms with Gasteiger partial charge >= 0.3 is 11.8 Å². The molecule has 0 fully saturated rings. The summed E-state index contributed by atoms with van der Waals surface area (Å²) in [6, 6.07) is 13.6. The molecule has 0 unspecified atom stereocenters. The Bertz CT molecular complexity index is 741. The van der Waals surface area contributed by atoms with Gasteiger partial charge in [0.25, 0.3) is 0 Å². The molecular weight excluding hydrogens is 366 g/mol. The molecule has 2 amide bonds. The Morgan fingerprint density at radius 3 is 2.23 bits per heavy atom. The van der Waals surface area contributed by atoms with Crippen LogP contribution in [0, 0.1) is 10.7 Å². The van der Waals surface area contributed by atoms with Crippen molar-refractivity contribution in [2.75, 3.05) is 10.6 Å². The van der Waals surface area contributed by atoms with E-state index in [-0.39, 0.29) is 0 Å². The number of nitrogens with one attached hydrogen (secondary N) is 2. The number of halogens is 1. The van der Waals surface area contributed by atoms with Gasteiger partial charge in [0.2, 0.25) is 0 Å². The van der Waals surface area contributed by atoms with Crippen molar-refractivity contribution in [2.24, 2.45) is 0 Å². The topological polar surface area (TPSA) is 82.0 Å². The Morgan fingerprint density at radius 2 is 1.64 bits per heavy atom. The van der Waals surface area contributed by atoms with Crippen molar-refractivity contribution in [3.05, 3.63) is 53.0 Å². The van der Waals surface area contributed by atoms with Crippen molar-refractivity contribution in [2.45, 2.75) is 4.90 Å². The average Bonchev–Trinajstić information content (AvgIpc) is 2.49. The Labute approximate surface area is 139 Å². The minimum atomic E-state index is -0.763. The Morgan fingerprint density at radius 1 is 1.00 bits per heavy atom. The van der Waals surface area contributed by atoms with Gasteiger partial charge < -0.3 is 10.6 Å². The molecule has 0 aliphatic rings. The average molecular weight is 376 g/mol. The minimum Gasteiger partial charge on any atom is -0.318 e. The van der Waals surface area contributed by atoms with Gasteiger partial charge in [-0.2, -0.15) is 5.26 Å². The summed E-state index contributed by atoms with van der Waals surface area (Å²) < 4.78 is 0.802. The minimum absolute atomic E-state index is 0.483. The second kappa shape index (κ2) is 7.64. The van der Waals surface area contributed by atoms with E-state index in [1.54, 1.807) is 42.5 Å². The predicted octanol–water partition coefficient (Wildman–Crippen LogP) is 3.60. The van der Waals surface area contributed by atoms with Crippen molar-refractivity contribution in [3.8, 4) is 5.40 Å². The van der Waals surface area contributed by atoms with Crippen LogP contribution in [0.5, 0.6) is 0 Å². The van der Waals surface area contributed by atoms with Gasteiger partial charge in [-0.3, -0.25) is 9.59 Å². The van der Waals surface area contributed by atoms with Gasteiger partial charge in [-0.25, -0.2) is 0 Å². The highest BCUT2D eigenvalue weighted by Gasteiger charge is 2.14. The van der Waals surface area contributed by atoms with E-state index in [4.69, 9.17) is 5.26 Å². The van der Waals surface area contributed by atoms with Crippen molar-refractivity contribution in [3.63, 3.8) is 0 Å². The van der Waals surface area contributed by atoms with Crippen LogP contribution in [0.15, 0.2) is 57.9 Å². The fourth-order valence-electron chi connectivity index (χ4n) is 1.60. The largest absolute Gasteiger partial charge is 0.318 e. The maximum Gasteiger partial charge on any atom is 0.314 e. The molecule has 0 spiro atoms. The summed E-state index contributed by atoms with van der Waals surface area (Å²) >= 11 is 4.31. The highest BCUT2D eigenvalue weighted by Crippen LogP contribution is 2.19. The number of carbonyl (C=O) groups is 2. The summed E-state index contributed by atoms with van der Waals surface area (Å²) in [6.45, 7) is 0. The number of benzene rings is 2. The number of thiocyanates is 1. The third kappa shape index (κ3) is 4.62. The molecule has 0 saturated carbocycles. The molecule has 7 heteroatoms. The molecule has 0 bridgehead atoms. The number of amides is 2. The van der Waals surface area contributed by atoms with Crippen LogP contribution in [0.4, 0.5) is 11.4 Å². The molecule has 0 aliphatic heterocycles. The Hall–Kier alpha value is -2.30. The fourth-order valence-corrected chi connectivity index (χ4v) is 2.38. The molecule has 2 rings (SSSR count). The predicted molar refractivity (Wildman–Crippen MR) is 89.3 cm³/mol. The van der Waals surface area contributed by atoms with Crippen molar-refractivity contribution in [1.82, 2.24) is 0 Å². The normalized spacial score (nSPS) is 9.64. The van der Waals surface area contributed by atoms with Crippen LogP contribution in [0.3, 0.4) is 0 Å². The molecular formula is C15H10BrN3O2S. The lowest BCUT2D eigenvalue weighted by atomic mass is 10.3. The van der Waals surface area contributed by atoms with E-state index >= 15 is 0 Å². The summed E-state index contributed by atoms with van der Waals surface area (Å²) in [5, 5.41) is 15.5. The molecule has 110 valence electrons. The lowest BCUT2D eigenvalue weighted by Gasteiger charge is -2.07. The number of nitriles is 1. The number of nitrogens with zero attached hydrogens (tertiary/aromatic N) is 1. The molecule has 0 saturated heterocycles. The van der Waals surface area contributed by atoms with Gasteiger partial charge in [0, 0.05) is 20.7 Å². The van der Waals surface area contributed by atoms with Gasteiger partial charge in [0.05, 0.1) is 0 Å². The molecule has 0 atom stereocenters. The van der Waals surface area contributed by atoms with E-state index in [0.717, 1.165) is 21.1 Å². The molecule has 22 heavy (non-hydrogen) atoms. The van der Waals surface area contributed by atoms with E-state index in [2.05, 4.69) is 26.6 Å². The number of carbonyl (C=O) groups excluding carboxylic acids is 2. The lowest BCUT2D eigenvalue weighted by Crippen LogP contribution is -2.29. The molecule has 5 nitrogen and oxygen atoms in total. The Balaban J connectivity index is 1.96. The highest BCUT2D eigenvalue weighted by atomic mass is 79.9. The molecule has 0 heterocycles. The second-order valence-corrected chi connectivity index (χ2v) is 5.91. The number of hydrogen-bond donors (Lipinski definition) is 2. The smallest absolute Gasteiger partial charge is 0.314 e. The lowest BCUT2D eigenvalue weighted by molar-refractivity contribution is -0.132. The van der Waals surface area contributed by atoms with E-state index in [9.17, 15) is 9.59 Å². The zero-order chi connectivity index (χ0) is 15.9. The maximum absolute atomic E-state index is 11.8. The molecule has 0 aromatic heterocycles. The SMILES string of the molecule is N#CSc1ccc(NC(=O)C(=O)Nc2cccc(Br)c2)cc1. The van der Waals surface area contributed by atoms with Crippen LogP contribution in [0.25, 0.3) is 0 Å². The first kappa shape index (κ1) is 16.1. The first-order chi connectivity index (χ1) is 10.6. The summed E-state index contributed by atoms with van der Waals surface area (Å²) in [4.78, 5) is 24.4. The molecule has 0 aliphatic carbocycles. The van der Waals surface area contributed by atoms with Crippen LogP contribution >= 0.6 is 27.7 Å². The zero-order valence-electron chi connectivity index (χ0n) is 11.2. The third-order valence-corrected chi connectivity index (χ3v) is 3.66. The maximum atomic E-state index is 11.8. The number of rotatable bonds is 3. The monoisotopic (exact) mass is 375 g/mol. The van der Waals surface area contributed by atoms with Crippen molar-refractivity contribution < 1.29 is 9.59 Å². The van der Waals surface area contributed by atoms with Crippen LogP contribution < -0.4 is 10.6 Å². The van der Waals surface area contributed by atoms with Gasteiger partial charge in [0.15, 0.2) is 0 Å². The van der Waals surface area contributed by atoms with Gasteiger partial charge in [-0.1, -0.05) is 22.0 Å². The van der Waals surface area contributed by atoms with Crippen LogP contribution in [0.1, 0.15) is 0 Å². The van der Waals surface area contributed by atoms with Crippen molar-refractivity contribution >= 4 is 50.9 Å². The van der Waals surface area contributed by atoms with Crippen molar-refractivity contribution in [1.29, 1.82) is 5.26 Å². The quantitative estimate of drug-likeness (QED) is 0.487. The van der Waals surface area contributed by atoms with Gasteiger partial charge in [-0.05, 0) is 54.2 Å². The summed E-state index contributed by atoms with van der Waals surface area (Å²) in [5.41, 5.74) is 1.01. The third-order valence-electron chi connectivity index (χ3n) is 2.56. The molecule has 2 aromatic carbocycles.